The van der Waals surface area contributed by atoms with Crippen molar-refractivity contribution in [2.75, 3.05) is 0 Å². The van der Waals surface area contributed by atoms with Gasteiger partial charge in [0.15, 0.2) is 5.78 Å². The maximum atomic E-state index is 14.8. The molecule has 0 unspecified atom stereocenters. The van der Waals surface area contributed by atoms with E-state index in [0.29, 0.717) is 17.9 Å². The van der Waals surface area contributed by atoms with Gasteiger partial charge in [-0.05, 0) is 29.7 Å². The summed E-state index contributed by atoms with van der Waals surface area (Å²) in [7, 11) is 0. The van der Waals surface area contributed by atoms with Crippen LogP contribution in [0.4, 0.5) is 13.2 Å². The quantitative estimate of drug-likeness (QED) is 0.577. The highest BCUT2D eigenvalue weighted by atomic mass is 19.4. The lowest BCUT2D eigenvalue weighted by Gasteiger charge is -2.35. The fourth-order valence-electron chi connectivity index (χ4n) is 5.84. The van der Waals surface area contributed by atoms with Gasteiger partial charge in [-0.2, -0.15) is 13.2 Å². The van der Waals surface area contributed by atoms with Crippen molar-refractivity contribution >= 4 is 17.6 Å². The van der Waals surface area contributed by atoms with E-state index in [1.807, 2.05) is 0 Å². The molecule has 0 radical (unpaired) electrons. The van der Waals surface area contributed by atoms with Gasteiger partial charge in [0.05, 0.1) is 12.1 Å². The smallest absolute Gasteiger partial charge is 0.330 e. The molecule has 1 aromatic rings. The van der Waals surface area contributed by atoms with Crippen molar-refractivity contribution in [3.63, 3.8) is 0 Å². The summed E-state index contributed by atoms with van der Waals surface area (Å²) in [5.74, 6) is -2.56. The van der Waals surface area contributed by atoms with Crippen LogP contribution in [-0.2, 0) is 20.9 Å². The molecule has 8 heteroatoms. The molecule has 1 saturated carbocycles. The Morgan fingerprint density at radius 2 is 1.71 bits per heavy atom. The van der Waals surface area contributed by atoms with Crippen LogP contribution in [0.2, 0.25) is 0 Å². The van der Waals surface area contributed by atoms with Gasteiger partial charge in [0.25, 0.3) is 5.91 Å². The van der Waals surface area contributed by atoms with Gasteiger partial charge in [-0.15, -0.1) is 0 Å². The average Bonchev–Trinajstić information content (AvgIpc) is 3.01. The first-order chi connectivity index (χ1) is 16.4. The SMILES string of the molecule is CC1(C)CC(=O)C2=C(C1)N(Cc1ccccc1)C(=O)[C@]2(NC(=O)CCC1CCCCC1)C(F)(F)F. The molecule has 35 heavy (non-hydrogen) atoms. The van der Waals surface area contributed by atoms with Crippen LogP contribution in [0.15, 0.2) is 41.6 Å². The van der Waals surface area contributed by atoms with Crippen LogP contribution in [0.1, 0.15) is 77.2 Å². The Kier molecular flexibility index (Phi) is 6.86. The molecule has 1 aromatic carbocycles. The number of carbonyl (C=O) groups is 3. The first kappa shape index (κ1) is 25.5. The van der Waals surface area contributed by atoms with E-state index in [1.165, 1.54) is 0 Å². The standard InChI is InChI=1S/C27H33F3N2O3/c1-25(2)15-20-23(21(33)16-25)26(27(28,29)30,24(35)32(20)17-19-11-7-4-8-12-19)31-22(34)14-13-18-9-5-3-6-10-18/h4,7-8,11-12,18H,3,5-6,9-10,13-17H2,1-2H3,(H,31,34)/t26-/m0/s1. The molecule has 5 nitrogen and oxygen atoms in total. The zero-order valence-corrected chi connectivity index (χ0v) is 20.3. The van der Waals surface area contributed by atoms with Gasteiger partial charge in [0.2, 0.25) is 11.4 Å². The van der Waals surface area contributed by atoms with Gasteiger partial charge in [0.1, 0.15) is 0 Å². The van der Waals surface area contributed by atoms with Gasteiger partial charge in [-0.1, -0.05) is 76.3 Å². The van der Waals surface area contributed by atoms with E-state index in [0.717, 1.165) is 37.0 Å². The molecule has 3 aliphatic rings. The third kappa shape index (κ3) is 4.89. The summed E-state index contributed by atoms with van der Waals surface area (Å²) in [5, 5.41) is 2.06. The second-order valence-corrected chi connectivity index (χ2v) is 11.0. The number of benzene rings is 1. The summed E-state index contributed by atoms with van der Waals surface area (Å²) in [6.45, 7) is 3.50. The Morgan fingerprint density at radius 1 is 1.06 bits per heavy atom. The Balaban J connectivity index is 1.70. The van der Waals surface area contributed by atoms with Gasteiger partial charge < -0.3 is 10.2 Å². The van der Waals surface area contributed by atoms with Crippen molar-refractivity contribution in [3.8, 4) is 0 Å². The number of hydrogen-bond donors (Lipinski definition) is 1. The zero-order valence-electron chi connectivity index (χ0n) is 20.3. The van der Waals surface area contributed by atoms with E-state index in [9.17, 15) is 27.6 Å². The number of nitrogens with one attached hydrogen (secondary N) is 1. The molecule has 4 rings (SSSR count). The summed E-state index contributed by atoms with van der Waals surface area (Å²) in [6, 6.07) is 8.70. The number of amides is 2. The first-order valence-corrected chi connectivity index (χ1v) is 12.4. The third-order valence-corrected chi connectivity index (χ3v) is 7.56. The summed E-state index contributed by atoms with van der Waals surface area (Å²) >= 11 is 0. The van der Waals surface area contributed by atoms with Gasteiger partial charge in [0, 0.05) is 18.5 Å². The van der Waals surface area contributed by atoms with Crippen molar-refractivity contribution in [1.29, 1.82) is 0 Å². The molecule has 0 bridgehead atoms. The number of halogens is 3. The van der Waals surface area contributed by atoms with E-state index in [1.54, 1.807) is 44.2 Å². The molecule has 1 fully saturated rings. The molecule has 2 amide bonds. The minimum atomic E-state index is -5.16. The van der Waals surface area contributed by atoms with E-state index in [4.69, 9.17) is 0 Å². The van der Waals surface area contributed by atoms with Crippen molar-refractivity contribution < 1.29 is 27.6 Å². The first-order valence-electron chi connectivity index (χ1n) is 12.4. The molecule has 0 saturated heterocycles. The molecule has 2 aliphatic carbocycles. The highest BCUT2D eigenvalue weighted by Gasteiger charge is 2.71. The monoisotopic (exact) mass is 490 g/mol. The van der Waals surface area contributed by atoms with Crippen LogP contribution in [0, 0.1) is 11.3 Å². The van der Waals surface area contributed by atoms with Crippen molar-refractivity contribution in [3.05, 3.63) is 47.2 Å². The third-order valence-electron chi connectivity index (χ3n) is 7.56. The fourth-order valence-corrected chi connectivity index (χ4v) is 5.84. The van der Waals surface area contributed by atoms with Crippen molar-refractivity contribution in [1.82, 2.24) is 10.2 Å². The molecule has 1 atom stereocenters. The number of Topliss-reactive ketones (excluding diaryl/α,β-unsaturated/α-hetero) is 1. The van der Waals surface area contributed by atoms with Gasteiger partial charge in [-0.3, -0.25) is 14.4 Å². The van der Waals surface area contributed by atoms with E-state index in [2.05, 4.69) is 5.32 Å². The molecule has 0 spiro atoms. The minimum absolute atomic E-state index is 0.0741. The number of alkyl halides is 3. The van der Waals surface area contributed by atoms with E-state index in [-0.39, 0.29) is 31.5 Å². The normalized spacial score (nSPS) is 25.1. The molecule has 0 aromatic heterocycles. The van der Waals surface area contributed by atoms with Crippen molar-refractivity contribution in [2.24, 2.45) is 11.3 Å². The number of hydrogen-bond acceptors (Lipinski definition) is 3. The summed E-state index contributed by atoms with van der Waals surface area (Å²) in [5.41, 5.74) is -3.82. The van der Waals surface area contributed by atoms with Gasteiger partial charge >= 0.3 is 6.18 Å². The highest BCUT2D eigenvalue weighted by Crippen LogP contribution is 2.52. The average molecular weight is 491 g/mol. The molecular formula is C27H33F3N2O3. The molecule has 190 valence electrons. The molecule has 1 aliphatic heterocycles. The maximum absolute atomic E-state index is 14.8. The number of allylic oxidation sites excluding steroid dienone is 1. The van der Waals surface area contributed by atoms with E-state index >= 15 is 0 Å². The lowest BCUT2D eigenvalue weighted by atomic mass is 9.72. The van der Waals surface area contributed by atoms with E-state index < -0.39 is 40.3 Å². The second-order valence-electron chi connectivity index (χ2n) is 11.0. The van der Waals surface area contributed by atoms with Crippen LogP contribution in [0.3, 0.4) is 0 Å². The zero-order chi connectivity index (χ0) is 25.4. The molecule has 1 heterocycles. The number of ketones is 1. The summed E-state index contributed by atoms with van der Waals surface area (Å²) in [4.78, 5) is 40.8. The van der Waals surface area contributed by atoms with Gasteiger partial charge in [-0.25, -0.2) is 0 Å². The van der Waals surface area contributed by atoms with Crippen LogP contribution in [-0.4, -0.2) is 34.2 Å². The number of rotatable bonds is 6. The lowest BCUT2D eigenvalue weighted by molar-refractivity contribution is -0.194. The predicted molar refractivity (Wildman–Crippen MR) is 125 cm³/mol. The lowest BCUT2D eigenvalue weighted by Crippen LogP contribution is -2.66. The Morgan fingerprint density at radius 3 is 2.34 bits per heavy atom. The molecular weight excluding hydrogens is 457 g/mol. The van der Waals surface area contributed by atoms with Crippen LogP contribution in [0.5, 0.6) is 0 Å². The number of carbonyl (C=O) groups excluding carboxylic acids is 3. The predicted octanol–water partition coefficient (Wildman–Crippen LogP) is 5.45. The van der Waals surface area contributed by atoms with Crippen LogP contribution >= 0.6 is 0 Å². The molecule has 1 N–H and O–H groups in total. The second kappa shape index (κ2) is 9.43. The Bertz CT molecular complexity index is 1030. The topological polar surface area (TPSA) is 66.5 Å². The largest absolute Gasteiger partial charge is 0.425 e. The van der Waals surface area contributed by atoms with Crippen LogP contribution in [0.25, 0.3) is 0 Å². The highest BCUT2D eigenvalue weighted by molar-refractivity contribution is 6.13. The Hall–Kier alpha value is -2.64. The fraction of sp³-hybridized carbons (Fsp3) is 0.593. The van der Waals surface area contributed by atoms with Crippen LogP contribution < -0.4 is 5.32 Å². The number of nitrogens with zero attached hydrogens (tertiary/aromatic N) is 1. The Labute approximate surface area is 204 Å². The maximum Gasteiger partial charge on any atom is 0.425 e. The minimum Gasteiger partial charge on any atom is -0.330 e. The summed E-state index contributed by atoms with van der Waals surface area (Å²) < 4.78 is 44.5. The van der Waals surface area contributed by atoms with Crippen molar-refractivity contribution in [2.45, 2.75) is 89.9 Å². The summed E-state index contributed by atoms with van der Waals surface area (Å²) in [6.07, 6.45) is 0.434.